The largest absolute Gasteiger partial charge is 0.480 e. The van der Waals surface area contributed by atoms with Crippen LogP contribution in [0.2, 0.25) is 0 Å². The van der Waals surface area contributed by atoms with E-state index in [2.05, 4.69) is 5.32 Å². The molecule has 1 aliphatic rings. The molecule has 7 nitrogen and oxygen atoms in total. The van der Waals surface area contributed by atoms with Crippen LogP contribution in [0.15, 0.2) is 0 Å². The number of aliphatic carboxylic acids is 1. The highest BCUT2D eigenvalue weighted by molar-refractivity contribution is 5.94. The second kappa shape index (κ2) is 5.45. The van der Waals surface area contributed by atoms with Crippen molar-refractivity contribution in [1.82, 2.24) is 10.2 Å². The Kier molecular flexibility index (Phi) is 4.24. The van der Waals surface area contributed by atoms with Crippen LogP contribution in [0.1, 0.15) is 12.8 Å². The van der Waals surface area contributed by atoms with Crippen LogP contribution in [0.3, 0.4) is 0 Å². The van der Waals surface area contributed by atoms with Gasteiger partial charge >= 0.3 is 5.97 Å². The molecule has 0 aliphatic carbocycles. The maximum absolute atomic E-state index is 11.5. The standard InChI is InChI=1S/C9H13N3O4/c10-4-7(13)11-5-8(14)12-3-1-2-6(12)9(15)16/h4-6H,1-3,10H2,(H,11,13)(H,15,16). The first-order valence-electron chi connectivity index (χ1n) is 4.78. The molecule has 0 aromatic rings. The number of carbonyl (C=O) groups excluding carboxylic acids is 2. The van der Waals surface area contributed by atoms with Crippen molar-refractivity contribution in [2.75, 3.05) is 6.54 Å². The predicted molar refractivity (Wildman–Crippen MR) is 53.3 cm³/mol. The highest BCUT2D eigenvalue weighted by Gasteiger charge is 2.33. The third-order valence-electron chi connectivity index (χ3n) is 2.31. The predicted octanol–water partition coefficient (Wildman–Crippen LogP) is -1.54. The molecule has 1 unspecified atom stereocenters. The van der Waals surface area contributed by atoms with Crippen LogP contribution in [-0.2, 0) is 14.4 Å². The zero-order valence-electron chi connectivity index (χ0n) is 8.55. The summed E-state index contributed by atoms with van der Waals surface area (Å²) in [7, 11) is 0. The number of carbonyl (C=O) groups is 3. The molecule has 1 rings (SSSR count). The summed E-state index contributed by atoms with van der Waals surface area (Å²) in [6.45, 7) is 2.09. The fourth-order valence-electron chi connectivity index (χ4n) is 1.55. The van der Waals surface area contributed by atoms with Crippen molar-refractivity contribution in [1.29, 1.82) is 0 Å². The molecule has 1 atom stereocenters. The molecule has 4 N–H and O–H groups in total. The molecule has 1 heterocycles. The summed E-state index contributed by atoms with van der Waals surface area (Å²) in [5, 5.41) is 11.0. The Hall–Kier alpha value is -1.63. The van der Waals surface area contributed by atoms with Gasteiger partial charge in [0, 0.05) is 6.54 Å². The topological polar surface area (TPSA) is 113 Å². The molecule has 7 heteroatoms. The summed E-state index contributed by atoms with van der Waals surface area (Å²) in [6.07, 6.45) is 1.08. The smallest absolute Gasteiger partial charge is 0.326 e. The van der Waals surface area contributed by atoms with Crippen molar-refractivity contribution in [3.63, 3.8) is 0 Å². The summed E-state index contributed by atoms with van der Waals surface area (Å²) >= 11 is 0. The van der Waals surface area contributed by atoms with Crippen molar-refractivity contribution in [2.45, 2.75) is 18.9 Å². The second-order valence-electron chi connectivity index (χ2n) is 3.35. The van der Waals surface area contributed by atoms with Gasteiger partial charge in [-0.15, -0.1) is 0 Å². The first kappa shape index (κ1) is 12.4. The number of carboxylic acid groups (broad SMARTS) is 1. The quantitative estimate of drug-likeness (QED) is 0.538. The molecule has 0 spiro atoms. The number of likely N-dealkylation sites (tertiary alicyclic amines) is 1. The minimum absolute atomic E-state index is 0.383. The fraction of sp³-hybridized carbons (Fsp3) is 0.444. The Labute approximate surface area is 92.6 Å². The van der Waals surface area contributed by atoms with Crippen molar-refractivity contribution in [3.05, 3.63) is 13.1 Å². The first-order chi connectivity index (χ1) is 7.56. The van der Waals surface area contributed by atoms with Gasteiger partial charge in [-0.1, -0.05) is 0 Å². The molecule has 0 aromatic heterocycles. The van der Waals surface area contributed by atoms with Crippen molar-refractivity contribution in [3.8, 4) is 0 Å². The lowest BCUT2D eigenvalue weighted by molar-refractivity contribution is -0.147. The summed E-state index contributed by atoms with van der Waals surface area (Å²) < 4.78 is 0. The Bertz CT molecular complexity index is 305. The van der Waals surface area contributed by atoms with Gasteiger partial charge < -0.3 is 21.1 Å². The number of rotatable bonds is 4. The maximum atomic E-state index is 11.5. The van der Waals surface area contributed by atoms with Crippen LogP contribution < -0.4 is 11.1 Å². The molecule has 0 aromatic carbocycles. The normalized spacial score (nSPS) is 19.6. The number of hydrogen-bond donors (Lipinski definition) is 3. The van der Waals surface area contributed by atoms with Crippen molar-refractivity contribution < 1.29 is 19.5 Å². The van der Waals surface area contributed by atoms with Crippen molar-refractivity contribution in [2.24, 2.45) is 5.73 Å². The van der Waals surface area contributed by atoms with E-state index >= 15 is 0 Å². The minimum atomic E-state index is -1.03. The molecule has 2 radical (unpaired) electrons. The summed E-state index contributed by atoms with van der Waals surface area (Å²) in [4.78, 5) is 34.3. The molecule has 1 fully saturated rings. The molecular weight excluding hydrogens is 214 g/mol. The lowest BCUT2D eigenvalue weighted by atomic mass is 10.2. The number of nitrogens with zero attached hydrogens (tertiary/aromatic N) is 1. The molecule has 1 aliphatic heterocycles. The van der Waals surface area contributed by atoms with Gasteiger partial charge in [0.15, 0.2) is 0 Å². The van der Waals surface area contributed by atoms with Crippen LogP contribution >= 0.6 is 0 Å². The van der Waals surface area contributed by atoms with E-state index in [9.17, 15) is 14.4 Å². The zero-order chi connectivity index (χ0) is 12.1. The van der Waals surface area contributed by atoms with E-state index in [0.717, 1.165) is 13.1 Å². The summed E-state index contributed by atoms with van der Waals surface area (Å²) in [5.41, 5.74) is 4.91. The minimum Gasteiger partial charge on any atom is -0.480 e. The Balaban J connectivity index is 2.47. The monoisotopic (exact) mass is 227 g/mol. The number of hydrogen-bond acceptors (Lipinski definition) is 4. The lowest BCUT2D eigenvalue weighted by Crippen LogP contribution is -2.43. The van der Waals surface area contributed by atoms with E-state index in [1.165, 1.54) is 4.90 Å². The van der Waals surface area contributed by atoms with E-state index in [1.807, 2.05) is 0 Å². The molecule has 88 valence electrons. The maximum Gasteiger partial charge on any atom is 0.326 e. The molecule has 2 amide bonds. The zero-order valence-corrected chi connectivity index (χ0v) is 8.55. The van der Waals surface area contributed by atoms with Crippen LogP contribution in [-0.4, -0.2) is 40.4 Å². The second-order valence-corrected chi connectivity index (χ2v) is 3.35. The summed E-state index contributed by atoms with van der Waals surface area (Å²) in [6, 6.07) is -0.803. The van der Waals surface area contributed by atoms with Gasteiger partial charge in [-0.05, 0) is 12.8 Å². The van der Waals surface area contributed by atoms with Gasteiger partial charge in [0.25, 0.3) is 0 Å². The van der Waals surface area contributed by atoms with Gasteiger partial charge in [-0.25, -0.2) is 4.79 Å². The highest BCUT2D eigenvalue weighted by Crippen LogP contribution is 2.17. The third-order valence-corrected chi connectivity index (χ3v) is 2.31. The van der Waals surface area contributed by atoms with E-state index in [-0.39, 0.29) is 0 Å². The SMILES string of the molecule is N[CH]C(=O)N[CH]C(=O)N1CCCC1C(=O)O. The van der Waals surface area contributed by atoms with Gasteiger partial charge in [-0.3, -0.25) is 9.59 Å². The van der Waals surface area contributed by atoms with Crippen molar-refractivity contribution >= 4 is 17.8 Å². The highest BCUT2D eigenvalue weighted by atomic mass is 16.4. The average Bonchev–Trinajstić information content (AvgIpc) is 2.74. The van der Waals surface area contributed by atoms with Crippen LogP contribution in [0.5, 0.6) is 0 Å². The molecule has 16 heavy (non-hydrogen) atoms. The summed E-state index contributed by atoms with van der Waals surface area (Å²) in [5.74, 6) is -2.17. The Morgan fingerprint density at radius 2 is 2.12 bits per heavy atom. The van der Waals surface area contributed by atoms with E-state index in [4.69, 9.17) is 10.8 Å². The van der Waals surface area contributed by atoms with Crippen LogP contribution in [0, 0.1) is 13.1 Å². The molecule has 0 bridgehead atoms. The van der Waals surface area contributed by atoms with E-state index in [0.29, 0.717) is 19.4 Å². The molecule has 0 saturated carbocycles. The Morgan fingerprint density at radius 1 is 1.44 bits per heavy atom. The average molecular weight is 227 g/mol. The number of nitrogens with one attached hydrogen (secondary N) is 1. The van der Waals surface area contributed by atoms with Crippen LogP contribution in [0.4, 0.5) is 0 Å². The molecule has 1 saturated heterocycles. The number of carboxylic acids is 1. The number of nitrogens with two attached hydrogens (primary N) is 1. The Morgan fingerprint density at radius 3 is 2.69 bits per heavy atom. The fourth-order valence-corrected chi connectivity index (χ4v) is 1.55. The lowest BCUT2D eigenvalue weighted by Gasteiger charge is -2.20. The number of amides is 2. The van der Waals surface area contributed by atoms with E-state index < -0.39 is 23.8 Å². The van der Waals surface area contributed by atoms with Gasteiger partial charge in [0.05, 0.1) is 0 Å². The van der Waals surface area contributed by atoms with Gasteiger partial charge in [0.1, 0.15) is 19.1 Å². The first-order valence-corrected chi connectivity index (χ1v) is 4.78. The molecular formula is C9H13N3O4. The van der Waals surface area contributed by atoms with Gasteiger partial charge in [0.2, 0.25) is 11.8 Å². The van der Waals surface area contributed by atoms with Gasteiger partial charge in [-0.2, -0.15) is 0 Å². The van der Waals surface area contributed by atoms with E-state index in [1.54, 1.807) is 0 Å². The van der Waals surface area contributed by atoms with Crippen LogP contribution in [0.25, 0.3) is 0 Å². The third kappa shape index (κ3) is 2.93.